The van der Waals surface area contributed by atoms with E-state index in [0.29, 0.717) is 12.2 Å². The molecule has 0 bridgehead atoms. The minimum absolute atomic E-state index is 0.244. The number of hydrogen-bond donors (Lipinski definition) is 0. The summed E-state index contributed by atoms with van der Waals surface area (Å²) < 4.78 is 6.08. The van der Waals surface area contributed by atoms with Crippen molar-refractivity contribution in [2.45, 2.75) is 51.4 Å². The molecular weight excluding hydrogens is 328 g/mol. The van der Waals surface area contributed by atoms with E-state index in [9.17, 15) is 4.79 Å². The molecule has 0 N–H and O–H groups in total. The second-order valence-electron chi connectivity index (χ2n) is 5.17. The van der Waals surface area contributed by atoms with E-state index in [4.69, 9.17) is 4.74 Å². The molecule has 0 aliphatic rings. The number of hydrogen-bond acceptors (Lipinski definition) is 2. The summed E-state index contributed by atoms with van der Waals surface area (Å²) in [7, 11) is 0. The Labute approximate surface area is 136 Å². The van der Waals surface area contributed by atoms with E-state index in [0.717, 1.165) is 23.7 Å². The quantitative estimate of drug-likeness (QED) is 0.281. The summed E-state index contributed by atoms with van der Waals surface area (Å²) in [5.74, 6) is -0.244. The molecule has 0 aromatic heterocycles. The van der Waals surface area contributed by atoms with Crippen molar-refractivity contribution in [3.05, 3.63) is 47.0 Å². The van der Waals surface area contributed by atoms with Crippen LogP contribution in [0.5, 0.6) is 0 Å². The maximum absolute atomic E-state index is 11.8. The maximum Gasteiger partial charge on any atom is 0.339 e. The highest BCUT2D eigenvalue weighted by molar-refractivity contribution is 9.10. The topological polar surface area (TPSA) is 26.3 Å². The molecule has 1 rings (SSSR count). The largest absolute Gasteiger partial charge is 0.462 e. The number of rotatable bonds is 11. The molecule has 0 aliphatic carbocycles. The van der Waals surface area contributed by atoms with Crippen LogP contribution >= 0.6 is 15.9 Å². The summed E-state index contributed by atoms with van der Waals surface area (Å²) in [5.41, 5.74) is 0.597. The third-order valence-electron chi connectivity index (χ3n) is 3.38. The molecule has 1 aromatic rings. The van der Waals surface area contributed by atoms with Crippen LogP contribution in [0.25, 0.3) is 0 Å². The Morgan fingerprint density at radius 2 is 1.67 bits per heavy atom. The van der Waals surface area contributed by atoms with Gasteiger partial charge in [0, 0.05) is 4.47 Å². The summed E-state index contributed by atoms with van der Waals surface area (Å²) in [6, 6.07) is 7.35. The first kappa shape index (κ1) is 18.0. The van der Waals surface area contributed by atoms with Crippen LogP contribution in [0.15, 0.2) is 41.4 Å². The van der Waals surface area contributed by atoms with Gasteiger partial charge in [0.1, 0.15) is 0 Å². The smallest absolute Gasteiger partial charge is 0.339 e. The van der Waals surface area contributed by atoms with E-state index in [-0.39, 0.29) is 5.97 Å². The summed E-state index contributed by atoms with van der Waals surface area (Å²) in [6.45, 7) is 4.24. The van der Waals surface area contributed by atoms with E-state index >= 15 is 0 Å². The van der Waals surface area contributed by atoms with Gasteiger partial charge in [-0.05, 0) is 47.3 Å². The zero-order valence-electron chi connectivity index (χ0n) is 12.7. The molecule has 2 nitrogen and oxygen atoms in total. The van der Waals surface area contributed by atoms with Crippen molar-refractivity contribution < 1.29 is 9.53 Å². The maximum atomic E-state index is 11.8. The number of carbonyl (C=O) groups excluding carboxylic acids is 1. The highest BCUT2D eigenvalue weighted by Crippen LogP contribution is 2.17. The average molecular weight is 353 g/mol. The number of halogens is 1. The van der Waals surface area contributed by atoms with Crippen molar-refractivity contribution in [3.63, 3.8) is 0 Å². The van der Waals surface area contributed by atoms with Crippen molar-refractivity contribution in [1.29, 1.82) is 0 Å². The molecule has 0 amide bonds. The highest BCUT2D eigenvalue weighted by atomic mass is 79.9. The number of unbranched alkanes of at least 4 members (excludes halogenated alkanes) is 7. The van der Waals surface area contributed by atoms with Gasteiger partial charge in [-0.15, -0.1) is 6.58 Å². The monoisotopic (exact) mass is 352 g/mol. The van der Waals surface area contributed by atoms with Crippen LogP contribution in [0.4, 0.5) is 0 Å². The molecule has 0 fully saturated rings. The second kappa shape index (κ2) is 11.6. The number of allylic oxidation sites excluding steroid dienone is 1. The summed E-state index contributed by atoms with van der Waals surface area (Å²) in [4.78, 5) is 11.8. The van der Waals surface area contributed by atoms with Gasteiger partial charge in [0.05, 0.1) is 12.2 Å². The number of ether oxygens (including phenoxy) is 1. The molecular formula is C18H25BrO2. The normalized spacial score (nSPS) is 10.3. The van der Waals surface area contributed by atoms with Crippen molar-refractivity contribution in [2.75, 3.05) is 6.61 Å². The Kier molecular flexibility index (Phi) is 9.88. The molecule has 0 atom stereocenters. The molecule has 0 radical (unpaired) electrons. The van der Waals surface area contributed by atoms with Gasteiger partial charge in [0.2, 0.25) is 0 Å². The molecule has 0 spiro atoms. The molecule has 0 saturated heterocycles. The molecule has 0 aliphatic heterocycles. The lowest BCUT2D eigenvalue weighted by molar-refractivity contribution is 0.0496. The Hall–Kier alpha value is -1.09. The zero-order valence-corrected chi connectivity index (χ0v) is 14.2. The lowest BCUT2D eigenvalue weighted by Gasteiger charge is -2.06. The first-order valence-electron chi connectivity index (χ1n) is 7.78. The van der Waals surface area contributed by atoms with Crippen molar-refractivity contribution in [1.82, 2.24) is 0 Å². The lowest BCUT2D eigenvalue weighted by Crippen LogP contribution is -2.07. The van der Waals surface area contributed by atoms with Gasteiger partial charge in [-0.25, -0.2) is 4.79 Å². The first-order valence-corrected chi connectivity index (χ1v) is 8.57. The van der Waals surface area contributed by atoms with Gasteiger partial charge >= 0.3 is 5.97 Å². The van der Waals surface area contributed by atoms with Crippen molar-refractivity contribution in [2.24, 2.45) is 0 Å². The lowest BCUT2D eigenvalue weighted by atomic mass is 10.1. The molecule has 0 saturated carbocycles. The second-order valence-corrected chi connectivity index (χ2v) is 6.02. The Bertz CT molecular complexity index is 429. The van der Waals surface area contributed by atoms with Gasteiger partial charge in [-0.1, -0.05) is 50.3 Å². The number of esters is 1. The fraction of sp³-hybridized carbons (Fsp3) is 0.500. The average Bonchev–Trinajstić information content (AvgIpc) is 2.49. The van der Waals surface area contributed by atoms with E-state index in [1.54, 1.807) is 6.07 Å². The van der Waals surface area contributed by atoms with E-state index in [1.165, 1.54) is 32.1 Å². The Balaban J connectivity index is 2.01. The number of benzene rings is 1. The zero-order chi connectivity index (χ0) is 15.3. The molecule has 21 heavy (non-hydrogen) atoms. The fourth-order valence-corrected chi connectivity index (χ4v) is 2.59. The molecule has 0 unspecified atom stereocenters. The van der Waals surface area contributed by atoms with Gasteiger partial charge in [0.25, 0.3) is 0 Å². The fourth-order valence-electron chi connectivity index (χ4n) is 2.14. The van der Waals surface area contributed by atoms with Crippen LogP contribution in [-0.2, 0) is 4.74 Å². The van der Waals surface area contributed by atoms with Crippen molar-refractivity contribution >= 4 is 21.9 Å². The Morgan fingerprint density at radius 1 is 1.05 bits per heavy atom. The third-order valence-corrected chi connectivity index (χ3v) is 4.07. The standard InChI is InChI=1S/C18H25BrO2/c1-2-3-4-5-6-7-8-9-12-15-21-18(20)16-13-10-11-14-17(16)19/h2,10-11,13-14H,1,3-9,12,15H2. The molecule has 0 heterocycles. The van der Waals surface area contributed by atoms with Crippen LogP contribution in [0.1, 0.15) is 61.7 Å². The van der Waals surface area contributed by atoms with Gasteiger partial charge in [0.15, 0.2) is 0 Å². The molecule has 1 aromatic carbocycles. The van der Waals surface area contributed by atoms with Crippen LogP contribution in [0.2, 0.25) is 0 Å². The SMILES string of the molecule is C=CCCCCCCCCCOC(=O)c1ccccc1Br. The summed E-state index contributed by atoms with van der Waals surface area (Å²) in [6.07, 6.45) is 11.5. The predicted octanol–water partition coefficient (Wildman–Crippen LogP) is 5.91. The van der Waals surface area contributed by atoms with Crippen molar-refractivity contribution in [3.8, 4) is 0 Å². The number of carbonyl (C=O) groups is 1. The molecule has 3 heteroatoms. The van der Waals surface area contributed by atoms with Crippen LogP contribution in [-0.4, -0.2) is 12.6 Å². The van der Waals surface area contributed by atoms with Crippen LogP contribution in [0.3, 0.4) is 0 Å². The minimum atomic E-state index is -0.244. The summed E-state index contributed by atoms with van der Waals surface area (Å²) in [5, 5.41) is 0. The first-order chi connectivity index (χ1) is 10.3. The van der Waals surface area contributed by atoms with Gasteiger partial charge in [-0.2, -0.15) is 0 Å². The van der Waals surface area contributed by atoms with Crippen LogP contribution in [0, 0.1) is 0 Å². The van der Waals surface area contributed by atoms with E-state index < -0.39 is 0 Å². The van der Waals surface area contributed by atoms with Gasteiger partial charge < -0.3 is 4.74 Å². The minimum Gasteiger partial charge on any atom is -0.462 e. The van der Waals surface area contributed by atoms with Crippen LogP contribution < -0.4 is 0 Å². The summed E-state index contributed by atoms with van der Waals surface area (Å²) >= 11 is 3.36. The predicted molar refractivity (Wildman–Crippen MR) is 91.6 cm³/mol. The Morgan fingerprint density at radius 3 is 2.33 bits per heavy atom. The van der Waals surface area contributed by atoms with E-state index in [1.807, 2.05) is 24.3 Å². The van der Waals surface area contributed by atoms with Gasteiger partial charge in [-0.3, -0.25) is 0 Å². The van der Waals surface area contributed by atoms with E-state index in [2.05, 4.69) is 22.5 Å². The highest BCUT2D eigenvalue weighted by Gasteiger charge is 2.09. The third kappa shape index (κ3) is 8.05. The molecule has 116 valence electrons.